The minimum Gasteiger partial charge on any atom is -0.326 e. The number of amides is 2. The number of carbonyl (C=O) groups is 2. The molecular weight excluding hydrogens is 542 g/mol. The molecule has 0 spiro atoms. The highest BCUT2D eigenvalue weighted by Gasteiger charge is 2.38. The Hall–Kier alpha value is -1.94. The second kappa shape index (κ2) is 9.97. The van der Waals surface area contributed by atoms with Gasteiger partial charge in [-0.15, -0.1) is 0 Å². The minimum atomic E-state index is -3.93. The number of nitrogens with one attached hydrogen (secondary N) is 1. The lowest BCUT2D eigenvalue weighted by molar-refractivity contribution is -0.121. The van der Waals surface area contributed by atoms with E-state index in [1.165, 1.54) is 4.31 Å². The van der Waals surface area contributed by atoms with Crippen LogP contribution in [-0.4, -0.2) is 44.2 Å². The van der Waals surface area contributed by atoms with E-state index in [2.05, 4.69) is 21.2 Å². The van der Waals surface area contributed by atoms with Crippen molar-refractivity contribution in [1.82, 2.24) is 4.31 Å². The molecular formula is C24H27BrClN3O4S. The van der Waals surface area contributed by atoms with Gasteiger partial charge in [0.15, 0.2) is 0 Å². The summed E-state index contributed by atoms with van der Waals surface area (Å²) in [7, 11) is -3.93. The van der Waals surface area contributed by atoms with E-state index in [1.54, 1.807) is 30.0 Å². The van der Waals surface area contributed by atoms with Crippen molar-refractivity contribution in [3.8, 4) is 0 Å². The predicted molar refractivity (Wildman–Crippen MR) is 137 cm³/mol. The average Bonchev–Trinajstić information content (AvgIpc) is 3.24. The van der Waals surface area contributed by atoms with Crippen LogP contribution < -0.4 is 10.2 Å². The molecule has 2 aromatic rings. The molecule has 1 atom stereocenters. The molecule has 182 valence electrons. The molecule has 1 saturated heterocycles. The quantitative estimate of drug-likeness (QED) is 0.564. The monoisotopic (exact) mass is 567 g/mol. The van der Waals surface area contributed by atoms with Crippen LogP contribution in [0.1, 0.15) is 37.3 Å². The predicted octanol–water partition coefficient (Wildman–Crippen LogP) is 4.75. The van der Waals surface area contributed by atoms with Crippen molar-refractivity contribution in [2.75, 3.05) is 29.9 Å². The van der Waals surface area contributed by atoms with Gasteiger partial charge in [0.1, 0.15) is 4.90 Å². The number of benzene rings is 2. The summed E-state index contributed by atoms with van der Waals surface area (Å²) in [5.74, 6) is -0.826. The van der Waals surface area contributed by atoms with E-state index in [9.17, 15) is 18.0 Å². The van der Waals surface area contributed by atoms with Crippen LogP contribution in [-0.2, 0) is 26.0 Å². The first-order valence-electron chi connectivity index (χ1n) is 11.3. The molecule has 0 aliphatic carbocycles. The van der Waals surface area contributed by atoms with Gasteiger partial charge >= 0.3 is 0 Å². The topological polar surface area (TPSA) is 86.8 Å². The first kappa shape index (κ1) is 25.2. The summed E-state index contributed by atoms with van der Waals surface area (Å²) in [5.41, 5.74) is 2.80. The van der Waals surface area contributed by atoms with E-state index < -0.39 is 15.9 Å². The van der Waals surface area contributed by atoms with Gasteiger partial charge in [-0.25, -0.2) is 8.42 Å². The van der Waals surface area contributed by atoms with Crippen LogP contribution in [0.3, 0.4) is 0 Å². The third-order valence-corrected chi connectivity index (χ3v) is 9.00. The van der Waals surface area contributed by atoms with Gasteiger partial charge in [-0.2, -0.15) is 4.31 Å². The van der Waals surface area contributed by atoms with E-state index >= 15 is 0 Å². The SMILES string of the molecule is CCC(=O)N1CCc2cc(Br)cc(S(=O)(=O)N3CCC[C@H](C(=O)Nc4cc(Cl)ccc4C)C3)c21. The Kier molecular flexibility index (Phi) is 7.38. The molecule has 1 fully saturated rings. The minimum absolute atomic E-state index is 0.0801. The average molecular weight is 569 g/mol. The molecule has 0 aromatic heterocycles. The summed E-state index contributed by atoms with van der Waals surface area (Å²) in [4.78, 5) is 27.2. The summed E-state index contributed by atoms with van der Waals surface area (Å²) < 4.78 is 29.6. The van der Waals surface area contributed by atoms with Gasteiger partial charge in [0.05, 0.1) is 11.6 Å². The van der Waals surface area contributed by atoms with Crippen LogP contribution in [0.4, 0.5) is 11.4 Å². The molecule has 0 bridgehead atoms. The van der Waals surface area contributed by atoms with Crippen molar-refractivity contribution in [3.63, 3.8) is 0 Å². The number of hydrogen-bond acceptors (Lipinski definition) is 4. The standard InChI is InChI=1S/C24H27BrClN3O4S/c1-3-22(30)29-10-8-16-11-18(25)12-21(23(16)29)34(32,33)28-9-4-5-17(14-28)24(31)27-20-13-19(26)7-6-15(20)2/h6-7,11-13,17H,3-5,8-10,14H2,1-2H3,(H,27,31)/t17-/m0/s1. The van der Waals surface area contributed by atoms with Gasteiger partial charge < -0.3 is 10.2 Å². The van der Waals surface area contributed by atoms with Crippen LogP contribution in [0.15, 0.2) is 39.7 Å². The largest absolute Gasteiger partial charge is 0.326 e. The molecule has 2 aliphatic rings. The maximum atomic E-state index is 13.8. The lowest BCUT2D eigenvalue weighted by Gasteiger charge is -2.32. The Morgan fingerprint density at radius 1 is 1.21 bits per heavy atom. The number of rotatable bonds is 5. The van der Waals surface area contributed by atoms with Crippen molar-refractivity contribution < 1.29 is 18.0 Å². The van der Waals surface area contributed by atoms with Crippen LogP contribution >= 0.6 is 27.5 Å². The highest BCUT2D eigenvalue weighted by Crippen LogP contribution is 2.40. The first-order valence-corrected chi connectivity index (χ1v) is 13.9. The Bertz CT molecular complexity index is 1250. The summed E-state index contributed by atoms with van der Waals surface area (Å²) >= 11 is 9.50. The van der Waals surface area contributed by atoms with Gasteiger partial charge in [0, 0.05) is 41.2 Å². The van der Waals surface area contributed by atoms with Crippen molar-refractivity contribution in [2.45, 2.75) is 44.4 Å². The van der Waals surface area contributed by atoms with Crippen LogP contribution in [0, 0.1) is 12.8 Å². The fourth-order valence-corrected chi connectivity index (χ4v) is 7.20. The molecule has 0 radical (unpaired) electrons. The van der Waals surface area contributed by atoms with Gasteiger partial charge in [-0.1, -0.05) is 40.5 Å². The smallest absolute Gasteiger partial charge is 0.245 e. The normalized spacial score (nSPS) is 18.6. The van der Waals surface area contributed by atoms with E-state index in [4.69, 9.17) is 11.6 Å². The van der Waals surface area contributed by atoms with Crippen molar-refractivity contribution in [1.29, 1.82) is 0 Å². The van der Waals surface area contributed by atoms with E-state index in [0.29, 0.717) is 59.6 Å². The Morgan fingerprint density at radius 3 is 2.71 bits per heavy atom. The van der Waals surface area contributed by atoms with Gasteiger partial charge in [0.25, 0.3) is 0 Å². The number of halogens is 2. The van der Waals surface area contributed by atoms with Gasteiger partial charge in [-0.3, -0.25) is 9.59 Å². The molecule has 7 nitrogen and oxygen atoms in total. The summed E-state index contributed by atoms with van der Waals surface area (Å²) in [6.07, 6.45) is 2.06. The lowest BCUT2D eigenvalue weighted by Crippen LogP contribution is -2.44. The number of sulfonamides is 1. The van der Waals surface area contributed by atoms with Crippen molar-refractivity contribution in [2.24, 2.45) is 5.92 Å². The molecule has 2 amide bonds. The molecule has 10 heteroatoms. The molecule has 4 rings (SSSR count). The molecule has 2 aliphatic heterocycles. The van der Waals surface area contributed by atoms with Gasteiger partial charge in [0.2, 0.25) is 21.8 Å². The summed E-state index contributed by atoms with van der Waals surface area (Å²) in [6, 6.07) is 8.71. The molecule has 0 unspecified atom stereocenters. The third-order valence-electron chi connectivity index (χ3n) is 6.43. The Labute approximate surface area is 213 Å². The Balaban J connectivity index is 1.61. The molecule has 2 aromatic carbocycles. The second-order valence-corrected chi connectivity index (χ2v) is 12.0. The number of aryl methyl sites for hydroxylation is 1. The molecule has 0 saturated carbocycles. The van der Waals surface area contributed by atoms with E-state index in [-0.39, 0.29) is 23.3 Å². The number of carbonyl (C=O) groups excluding carboxylic acids is 2. The number of fused-ring (bicyclic) bond motifs is 1. The Morgan fingerprint density at radius 2 is 1.97 bits per heavy atom. The summed E-state index contributed by atoms with van der Waals surface area (Å²) in [5, 5.41) is 3.42. The first-order chi connectivity index (χ1) is 16.1. The van der Waals surface area contributed by atoms with Crippen LogP contribution in [0.2, 0.25) is 5.02 Å². The van der Waals surface area contributed by atoms with Crippen LogP contribution in [0.5, 0.6) is 0 Å². The fraction of sp³-hybridized carbons (Fsp3) is 0.417. The highest BCUT2D eigenvalue weighted by molar-refractivity contribution is 9.10. The highest BCUT2D eigenvalue weighted by atomic mass is 79.9. The second-order valence-electron chi connectivity index (χ2n) is 8.71. The summed E-state index contributed by atoms with van der Waals surface area (Å²) in [6.45, 7) is 4.51. The number of anilines is 2. The number of piperidine rings is 1. The number of hydrogen-bond donors (Lipinski definition) is 1. The molecule has 2 heterocycles. The van der Waals surface area contributed by atoms with Gasteiger partial charge in [-0.05, 0) is 61.6 Å². The zero-order valence-electron chi connectivity index (χ0n) is 19.1. The molecule has 1 N–H and O–H groups in total. The van der Waals surface area contributed by atoms with Crippen molar-refractivity contribution >= 4 is 60.7 Å². The third kappa shape index (κ3) is 4.89. The maximum Gasteiger partial charge on any atom is 0.245 e. The number of nitrogens with zero attached hydrogens (tertiary/aromatic N) is 2. The fourth-order valence-electron chi connectivity index (χ4n) is 4.58. The van der Waals surface area contributed by atoms with Crippen LogP contribution in [0.25, 0.3) is 0 Å². The molecule has 34 heavy (non-hydrogen) atoms. The zero-order valence-corrected chi connectivity index (χ0v) is 22.3. The maximum absolute atomic E-state index is 13.8. The van der Waals surface area contributed by atoms with Crippen molar-refractivity contribution in [3.05, 3.63) is 51.0 Å². The van der Waals surface area contributed by atoms with E-state index in [0.717, 1.165) is 11.1 Å². The van der Waals surface area contributed by atoms with E-state index in [1.807, 2.05) is 19.1 Å². The zero-order chi connectivity index (χ0) is 24.6. The lowest BCUT2D eigenvalue weighted by atomic mass is 9.98.